The summed E-state index contributed by atoms with van der Waals surface area (Å²) in [6, 6.07) is 13.9. The number of rotatable bonds is 5. The van der Waals surface area contributed by atoms with Crippen molar-refractivity contribution in [3.8, 4) is 11.1 Å². The number of amides is 2. The number of anilines is 2. The summed E-state index contributed by atoms with van der Waals surface area (Å²) in [5.41, 5.74) is 2.20. The van der Waals surface area contributed by atoms with Gasteiger partial charge in [-0.25, -0.2) is 0 Å². The summed E-state index contributed by atoms with van der Waals surface area (Å²) in [6.07, 6.45) is 1.25. The van der Waals surface area contributed by atoms with Gasteiger partial charge in [-0.3, -0.25) is 9.59 Å². The monoisotopic (exact) mass is 480 g/mol. The van der Waals surface area contributed by atoms with E-state index in [0.29, 0.717) is 50.7 Å². The number of piperidine rings is 1. The van der Waals surface area contributed by atoms with Crippen LogP contribution in [-0.4, -0.2) is 61.3 Å². The maximum atomic E-state index is 13.4. The lowest BCUT2D eigenvalue weighted by atomic mass is 9.95. The summed E-state index contributed by atoms with van der Waals surface area (Å²) < 4.78 is 10.5. The first kappa shape index (κ1) is 22.6. The standard InChI is InChI=1S/C25H28N4O4S/c1-17-15-22(27-33-17)26-23(30)19-7-9-28(10-8-19)24(31)21-16-20(18-5-3-2-4-6-18)25(34-21)29-11-13-32-14-12-29/h2-6,15-16,19H,7-14H2,1H3,(H,26,27,30). The molecule has 0 spiro atoms. The molecule has 1 N–H and O–H groups in total. The highest BCUT2D eigenvalue weighted by Gasteiger charge is 2.30. The van der Waals surface area contributed by atoms with Crippen molar-refractivity contribution in [2.75, 3.05) is 49.6 Å². The average molecular weight is 481 g/mol. The van der Waals surface area contributed by atoms with E-state index in [1.165, 1.54) is 0 Å². The van der Waals surface area contributed by atoms with E-state index in [4.69, 9.17) is 9.26 Å². The van der Waals surface area contributed by atoms with Crippen LogP contribution in [0.2, 0.25) is 0 Å². The molecule has 0 atom stereocenters. The van der Waals surface area contributed by atoms with Gasteiger partial charge in [-0.1, -0.05) is 35.5 Å². The molecule has 2 amide bonds. The first-order valence-electron chi connectivity index (χ1n) is 11.6. The van der Waals surface area contributed by atoms with Crippen LogP contribution in [0.4, 0.5) is 10.8 Å². The van der Waals surface area contributed by atoms with Crippen LogP contribution < -0.4 is 10.2 Å². The minimum Gasteiger partial charge on any atom is -0.378 e. The van der Waals surface area contributed by atoms with Crippen molar-refractivity contribution in [3.63, 3.8) is 0 Å². The van der Waals surface area contributed by atoms with Gasteiger partial charge in [0.05, 0.1) is 23.1 Å². The van der Waals surface area contributed by atoms with Gasteiger partial charge >= 0.3 is 0 Å². The minimum atomic E-state index is -0.145. The van der Waals surface area contributed by atoms with E-state index in [0.717, 1.165) is 34.1 Å². The molecule has 0 saturated carbocycles. The van der Waals surface area contributed by atoms with Crippen LogP contribution in [0.25, 0.3) is 11.1 Å². The van der Waals surface area contributed by atoms with Gasteiger partial charge in [0.1, 0.15) is 5.76 Å². The van der Waals surface area contributed by atoms with Crippen molar-refractivity contribution in [1.29, 1.82) is 0 Å². The molecule has 0 bridgehead atoms. The highest BCUT2D eigenvalue weighted by atomic mass is 32.1. The molecular weight excluding hydrogens is 452 g/mol. The van der Waals surface area contributed by atoms with E-state index < -0.39 is 0 Å². The van der Waals surface area contributed by atoms with Crippen molar-refractivity contribution < 1.29 is 18.8 Å². The highest BCUT2D eigenvalue weighted by Crippen LogP contribution is 2.40. The molecule has 178 valence electrons. The molecule has 3 aromatic rings. The third-order valence-electron chi connectivity index (χ3n) is 6.34. The molecule has 2 fully saturated rings. The first-order valence-corrected chi connectivity index (χ1v) is 12.5. The number of aryl methyl sites for hydroxylation is 1. The number of hydrogen-bond donors (Lipinski definition) is 1. The Bertz CT molecular complexity index is 1140. The zero-order valence-corrected chi connectivity index (χ0v) is 20.0. The van der Waals surface area contributed by atoms with E-state index in [1.54, 1.807) is 24.3 Å². The Kier molecular flexibility index (Phi) is 6.64. The number of benzene rings is 1. The summed E-state index contributed by atoms with van der Waals surface area (Å²) in [5, 5.41) is 7.76. The number of carbonyl (C=O) groups excluding carboxylic acids is 2. The summed E-state index contributed by atoms with van der Waals surface area (Å²) in [6.45, 7) is 5.92. The maximum absolute atomic E-state index is 13.4. The third-order valence-corrected chi connectivity index (χ3v) is 7.52. The SMILES string of the molecule is Cc1cc(NC(=O)C2CCN(C(=O)c3cc(-c4ccccc4)c(N4CCOCC4)s3)CC2)no1. The third kappa shape index (κ3) is 4.85. The number of aromatic nitrogens is 1. The zero-order chi connectivity index (χ0) is 23.5. The van der Waals surface area contributed by atoms with Crippen molar-refractivity contribution in [3.05, 3.63) is 53.1 Å². The Morgan fingerprint density at radius 1 is 1.06 bits per heavy atom. The quantitative estimate of drug-likeness (QED) is 0.593. The molecular formula is C25H28N4O4S. The molecule has 1 aromatic carbocycles. The number of carbonyl (C=O) groups is 2. The summed E-state index contributed by atoms with van der Waals surface area (Å²) in [7, 11) is 0. The molecule has 2 saturated heterocycles. The molecule has 0 unspecified atom stereocenters. The van der Waals surface area contributed by atoms with Crippen molar-refractivity contribution in [2.45, 2.75) is 19.8 Å². The van der Waals surface area contributed by atoms with Crippen LogP contribution in [-0.2, 0) is 9.53 Å². The number of morpholine rings is 1. The molecule has 9 heteroatoms. The molecule has 0 aliphatic carbocycles. The number of likely N-dealkylation sites (tertiary alicyclic amines) is 1. The van der Waals surface area contributed by atoms with Gasteiger partial charge in [0.15, 0.2) is 5.82 Å². The highest BCUT2D eigenvalue weighted by molar-refractivity contribution is 7.18. The Morgan fingerprint density at radius 2 is 1.79 bits per heavy atom. The van der Waals surface area contributed by atoms with Gasteiger partial charge < -0.3 is 24.4 Å². The molecule has 5 rings (SSSR count). The Morgan fingerprint density at radius 3 is 2.47 bits per heavy atom. The van der Waals surface area contributed by atoms with Crippen LogP contribution in [0.1, 0.15) is 28.3 Å². The lowest BCUT2D eigenvalue weighted by Gasteiger charge is -2.31. The van der Waals surface area contributed by atoms with Crippen LogP contribution in [0.3, 0.4) is 0 Å². The molecule has 0 radical (unpaired) electrons. The molecule has 34 heavy (non-hydrogen) atoms. The number of thiophene rings is 1. The maximum Gasteiger partial charge on any atom is 0.264 e. The smallest absolute Gasteiger partial charge is 0.264 e. The Hall–Kier alpha value is -3.17. The van der Waals surface area contributed by atoms with Gasteiger partial charge in [0.25, 0.3) is 5.91 Å². The topological polar surface area (TPSA) is 87.9 Å². The van der Waals surface area contributed by atoms with Crippen LogP contribution in [0.15, 0.2) is 47.0 Å². The van der Waals surface area contributed by atoms with E-state index in [2.05, 4.69) is 27.5 Å². The molecule has 2 aromatic heterocycles. The second-order valence-electron chi connectivity index (χ2n) is 8.67. The largest absolute Gasteiger partial charge is 0.378 e. The van der Waals surface area contributed by atoms with Crippen molar-refractivity contribution >= 4 is 34.0 Å². The predicted molar refractivity (Wildman–Crippen MR) is 131 cm³/mol. The zero-order valence-electron chi connectivity index (χ0n) is 19.2. The van der Waals surface area contributed by atoms with E-state index >= 15 is 0 Å². The second kappa shape index (κ2) is 9.99. The van der Waals surface area contributed by atoms with Gasteiger partial charge in [-0.15, -0.1) is 11.3 Å². The normalized spacial score (nSPS) is 17.1. The summed E-state index contributed by atoms with van der Waals surface area (Å²) >= 11 is 1.56. The van der Waals surface area contributed by atoms with Crippen LogP contribution in [0.5, 0.6) is 0 Å². The van der Waals surface area contributed by atoms with Crippen molar-refractivity contribution in [2.24, 2.45) is 5.92 Å². The Balaban J connectivity index is 1.28. The predicted octanol–water partition coefficient (Wildman–Crippen LogP) is 4.04. The number of nitrogens with zero attached hydrogens (tertiary/aromatic N) is 3. The van der Waals surface area contributed by atoms with Gasteiger partial charge in [0, 0.05) is 43.7 Å². The van der Waals surface area contributed by atoms with Crippen LogP contribution in [0, 0.1) is 12.8 Å². The van der Waals surface area contributed by atoms with Crippen molar-refractivity contribution in [1.82, 2.24) is 10.1 Å². The van der Waals surface area contributed by atoms with E-state index in [-0.39, 0.29) is 17.7 Å². The first-order chi connectivity index (χ1) is 16.6. The number of hydrogen-bond acceptors (Lipinski definition) is 7. The number of nitrogens with one attached hydrogen (secondary N) is 1. The van der Waals surface area contributed by atoms with Gasteiger partial charge in [-0.2, -0.15) is 0 Å². The lowest BCUT2D eigenvalue weighted by Crippen LogP contribution is -2.41. The van der Waals surface area contributed by atoms with E-state index in [9.17, 15) is 9.59 Å². The van der Waals surface area contributed by atoms with Gasteiger partial charge in [-0.05, 0) is 31.4 Å². The molecule has 2 aliphatic heterocycles. The minimum absolute atomic E-state index is 0.0349. The molecule has 2 aliphatic rings. The van der Waals surface area contributed by atoms with E-state index in [1.807, 2.05) is 29.2 Å². The molecule has 8 nitrogen and oxygen atoms in total. The average Bonchev–Trinajstić information content (AvgIpc) is 3.51. The number of ether oxygens (including phenoxy) is 1. The fourth-order valence-corrected chi connectivity index (χ4v) is 5.67. The lowest BCUT2D eigenvalue weighted by molar-refractivity contribution is -0.121. The summed E-state index contributed by atoms with van der Waals surface area (Å²) in [5.74, 6) is 0.903. The Labute approximate surface area is 202 Å². The molecule has 4 heterocycles. The van der Waals surface area contributed by atoms with Gasteiger partial charge in [0.2, 0.25) is 5.91 Å². The summed E-state index contributed by atoms with van der Waals surface area (Å²) in [4.78, 5) is 30.9. The fourth-order valence-electron chi connectivity index (χ4n) is 4.47. The van der Waals surface area contributed by atoms with Crippen LogP contribution >= 0.6 is 11.3 Å². The second-order valence-corrected chi connectivity index (χ2v) is 9.70. The fraction of sp³-hybridized carbons (Fsp3) is 0.400.